The number of amides is 1. The van der Waals surface area contributed by atoms with Crippen LogP contribution >= 0.6 is 0 Å². The topological polar surface area (TPSA) is 67.3 Å². The fraction of sp³-hybridized carbons (Fsp3) is 0.400. The highest BCUT2D eigenvalue weighted by Gasteiger charge is 2.39. The number of nitrogens with zero attached hydrogens (tertiary/aromatic N) is 3. The maximum absolute atomic E-state index is 13.7. The predicted octanol–water partition coefficient (Wildman–Crippen LogP) is 4.97. The molecule has 0 aliphatic carbocycles. The highest BCUT2D eigenvalue weighted by atomic mass is 19.4. The van der Waals surface area contributed by atoms with Gasteiger partial charge in [0.1, 0.15) is 5.75 Å². The van der Waals surface area contributed by atoms with Gasteiger partial charge in [-0.25, -0.2) is 9.97 Å². The third-order valence-electron chi connectivity index (χ3n) is 5.75. The van der Waals surface area contributed by atoms with E-state index >= 15 is 0 Å². The molecule has 0 radical (unpaired) electrons. The Morgan fingerprint density at radius 2 is 1.68 bits per heavy atom. The first-order chi connectivity index (χ1) is 16.2. The Labute approximate surface area is 196 Å². The van der Waals surface area contributed by atoms with Crippen molar-refractivity contribution in [3.63, 3.8) is 0 Å². The molecule has 1 saturated heterocycles. The lowest BCUT2D eigenvalue weighted by Gasteiger charge is -2.33. The number of fused-ring (bicyclic) bond motifs is 1. The van der Waals surface area contributed by atoms with E-state index in [0.29, 0.717) is 38.0 Å². The van der Waals surface area contributed by atoms with Gasteiger partial charge in [-0.2, -0.15) is 13.2 Å². The Hall–Kier alpha value is -3.36. The van der Waals surface area contributed by atoms with E-state index in [1.807, 2.05) is 38.1 Å². The number of ether oxygens (including phenoxy) is 1. The number of aromatic nitrogens is 2. The van der Waals surface area contributed by atoms with E-state index in [9.17, 15) is 18.0 Å². The molecule has 0 spiro atoms. The number of carbonyl (C=O) groups is 1. The molecule has 0 unspecified atom stereocenters. The molecule has 2 heterocycles. The maximum Gasteiger partial charge on any atom is 0.437 e. The van der Waals surface area contributed by atoms with Crippen LogP contribution in [0.4, 0.5) is 19.0 Å². The van der Waals surface area contributed by atoms with Crippen molar-refractivity contribution in [3.05, 3.63) is 59.8 Å². The quantitative estimate of drug-likeness (QED) is 0.549. The van der Waals surface area contributed by atoms with Gasteiger partial charge in [-0.3, -0.25) is 4.79 Å². The molecule has 9 heteroatoms. The molecule has 34 heavy (non-hydrogen) atoms. The lowest BCUT2D eigenvalue weighted by Crippen LogP contribution is -2.41. The smallest absolute Gasteiger partial charge is 0.437 e. The average molecular weight is 473 g/mol. The number of nitrogens with one attached hydrogen (secondary N) is 1. The zero-order valence-electron chi connectivity index (χ0n) is 19.1. The zero-order chi connectivity index (χ0) is 24.3. The second-order valence-electron chi connectivity index (χ2n) is 8.67. The summed E-state index contributed by atoms with van der Waals surface area (Å²) < 4.78 is 46.7. The van der Waals surface area contributed by atoms with Crippen LogP contribution in [0.1, 0.15) is 37.9 Å². The number of piperidine rings is 1. The van der Waals surface area contributed by atoms with Gasteiger partial charge in [0.25, 0.3) is 0 Å². The second-order valence-corrected chi connectivity index (χ2v) is 8.67. The van der Waals surface area contributed by atoms with E-state index in [2.05, 4.69) is 15.3 Å². The Morgan fingerprint density at radius 1 is 1.06 bits per heavy atom. The van der Waals surface area contributed by atoms with Crippen LogP contribution < -0.4 is 15.0 Å². The van der Waals surface area contributed by atoms with E-state index in [-0.39, 0.29) is 29.3 Å². The SMILES string of the molecule is CC(C)Oc1ccc(CNC(=O)C2CCN(c3nc4ccccc4nc3C(F)(F)F)CC2)cc1. The van der Waals surface area contributed by atoms with Crippen molar-refractivity contribution in [1.29, 1.82) is 0 Å². The van der Waals surface area contributed by atoms with E-state index in [0.717, 1.165) is 11.3 Å². The van der Waals surface area contributed by atoms with Crippen molar-refractivity contribution < 1.29 is 22.7 Å². The molecule has 0 atom stereocenters. The first-order valence-corrected chi connectivity index (χ1v) is 11.3. The summed E-state index contributed by atoms with van der Waals surface area (Å²) in [5.74, 6) is 0.242. The minimum absolute atomic E-state index is 0.0872. The summed E-state index contributed by atoms with van der Waals surface area (Å²) in [5, 5.41) is 2.94. The lowest BCUT2D eigenvalue weighted by atomic mass is 9.95. The summed E-state index contributed by atoms with van der Waals surface area (Å²) >= 11 is 0. The average Bonchev–Trinajstić information content (AvgIpc) is 2.82. The Bertz CT molecular complexity index is 1140. The molecule has 180 valence electrons. The summed E-state index contributed by atoms with van der Waals surface area (Å²) in [7, 11) is 0. The highest BCUT2D eigenvalue weighted by Crippen LogP contribution is 2.36. The lowest BCUT2D eigenvalue weighted by molar-refractivity contribution is -0.140. The first-order valence-electron chi connectivity index (χ1n) is 11.3. The van der Waals surface area contributed by atoms with E-state index in [1.165, 1.54) is 6.07 Å². The second kappa shape index (κ2) is 9.87. The van der Waals surface area contributed by atoms with Crippen molar-refractivity contribution >= 4 is 22.8 Å². The maximum atomic E-state index is 13.7. The van der Waals surface area contributed by atoms with Gasteiger partial charge in [0.05, 0.1) is 17.1 Å². The molecule has 2 aromatic carbocycles. The molecule has 0 bridgehead atoms. The summed E-state index contributed by atoms with van der Waals surface area (Å²) in [6, 6.07) is 14.0. The molecular formula is C25H27F3N4O2. The van der Waals surface area contributed by atoms with Crippen LogP contribution in [-0.4, -0.2) is 35.1 Å². The van der Waals surface area contributed by atoms with Gasteiger partial charge >= 0.3 is 6.18 Å². The minimum Gasteiger partial charge on any atom is -0.491 e. The predicted molar refractivity (Wildman–Crippen MR) is 124 cm³/mol. The molecular weight excluding hydrogens is 445 g/mol. The van der Waals surface area contributed by atoms with Gasteiger partial charge in [0.15, 0.2) is 11.5 Å². The minimum atomic E-state index is -4.61. The Morgan fingerprint density at radius 3 is 2.26 bits per heavy atom. The van der Waals surface area contributed by atoms with Gasteiger partial charge in [-0.1, -0.05) is 24.3 Å². The fourth-order valence-corrected chi connectivity index (χ4v) is 4.05. The molecule has 1 aliphatic rings. The standard InChI is InChI=1S/C25H27F3N4O2/c1-16(2)34-19-9-7-17(8-10-19)15-29-24(33)18-11-13-32(14-12-18)23-22(25(26,27)28)30-20-5-3-4-6-21(20)31-23/h3-10,16,18H,11-15H2,1-2H3,(H,29,33). The van der Waals surface area contributed by atoms with Crippen LogP contribution in [-0.2, 0) is 17.5 Å². The van der Waals surface area contributed by atoms with Crippen LogP contribution in [0.25, 0.3) is 11.0 Å². The normalized spacial score (nSPS) is 15.1. The monoisotopic (exact) mass is 472 g/mol. The van der Waals surface area contributed by atoms with Crippen LogP contribution in [0.5, 0.6) is 5.75 Å². The summed E-state index contributed by atoms with van der Waals surface area (Å²) in [6.45, 7) is 4.89. The summed E-state index contributed by atoms with van der Waals surface area (Å²) in [4.78, 5) is 22.4. The molecule has 1 aromatic heterocycles. The number of alkyl halides is 3. The largest absolute Gasteiger partial charge is 0.491 e. The van der Waals surface area contributed by atoms with Crippen LogP contribution in [0.3, 0.4) is 0 Å². The third kappa shape index (κ3) is 5.58. The van der Waals surface area contributed by atoms with Crippen molar-refractivity contribution in [3.8, 4) is 5.75 Å². The molecule has 1 aliphatic heterocycles. The zero-order valence-corrected chi connectivity index (χ0v) is 19.1. The van der Waals surface area contributed by atoms with E-state index in [4.69, 9.17) is 4.74 Å². The molecule has 4 rings (SSSR count). The molecule has 1 N–H and O–H groups in total. The van der Waals surface area contributed by atoms with E-state index < -0.39 is 11.9 Å². The van der Waals surface area contributed by atoms with Crippen LogP contribution in [0.2, 0.25) is 0 Å². The first kappa shape index (κ1) is 23.8. The molecule has 1 fully saturated rings. The van der Waals surface area contributed by atoms with Gasteiger partial charge < -0.3 is 15.0 Å². The number of para-hydroxylation sites is 2. The number of rotatable bonds is 6. The van der Waals surface area contributed by atoms with Crippen molar-refractivity contribution in [2.75, 3.05) is 18.0 Å². The van der Waals surface area contributed by atoms with Gasteiger partial charge in [0.2, 0.25) is 5.91 Å². The van der Waals surface area contributed by atoms with Gasteiger partial charge in [-0.05, 0) is 56.5 Å². The highest BCUT2D eigenvalue weighted by molar-refractivity contribution is 5.79. The number of halogens is 3. The molecule has 3 aromatic rings. The molecule has 0 saturated carbocycles. The number of hydrogen-bond donors (Lipinski definition) is 1. The fourth-order valence-electron chi connectivity index (χ4n) is 4.05. The number of anilines is 1. The van der Waals surface area contributed by atoms with Crippen molar-refractivity contribution in [2.24, 2.45) is 5.92 Å². The number of hydrogen-bond acceptors (Lipinski definition) is 5. The summed E-state index contributed by atoms with van der Waals surface area (Å²) in [6.07, 6.45) is -3.64. The Balaban J connectivity index is 1.37. The summed E-state index contributed by atoms with van der Waals surface area (Å²) in [5.41, 5.74) is 0.578. The number of carbonyl (C=O) groups excluding carboxylic acids is 1. The molecule has 6 nitrogen and oxygen atoms in total. The molecule has 1 amide bonds. The van der Waals surface area contributed by atoms with Crippen molar-refractivity contribution in [2.45, 2.75) is 45.5 Å². The van der Waals surface area contributed by atoms with Gasteiger partial charge in [0, 0.05) is 25.6 Å². The van der Waals surface area contributed by atoms with Crippen molar-refractivity contribution in [1.82, 2.24) is 15.3 Å². The third-order valence-corrected chi connectivity index (χ3v) is 5.75. The number of benzene rings is 2. The van der Waals surface area contributed by atoms with E-state index in [1.54, 1.807) is 23.1 Å². The van der Waals surface area contributed by atoms with Crippen LogP contribution in [0, 0.1) is 5.92 Å². The Kier molecular flexibility index (Phi) is 6.90. The van der Waals surface area contributed by atoms with Crippen LogP contribution in [0.15, 0.2) is 48.5 Å². The van der Waals surface area contributed by atoms with Gasteiger partial charge in [-0.15, -0.1) is 0 Å².